The molecule has 0 aliphatic heterocycles. The van der Waals surface area contributed by atoms with E-state index < -0.39 is 0 Å². The molecule has 2 N–H and O–H groups in total. The van der Waals surface area contributed by atoms with Crippen LogP contribution >= 0.6 is 11.8 Å². The Morgan fingerprint density at radius 2 is 1.79 bits per heavy atom. The molecule has 1 atom stereocenters. The fourth-order valence-corrected chi connectivity index (χ4v) is 2.16. The molecule has 0 aliphatic rings. The van der Waals surface area contributed by atoms with E-state index in [1.165, 1.54) is 31.7 Å². The van der Waals surface area contributed by atoms with Crippen molar-refractivity contribution in [2.45, 2.75) is 39.2 Å². The highest BCUT2D eigenvalue weighted by Crippen LogP contribution is 2.02. The van der Waals surface area contributed by atoms with Crippen LogP contribution in [0.2, 0.25) is 0 Å². The summed E-state index contributed by atoms with van der Waals surface area (Å²) in [5, 5.41) is 0. The molecule has 0 heterocycles. The van der Waals surface area contributed by atoms with Crippen molar-refractivity contribution in [2.75, 3.05) is 31.6 Å². The van der Waals surface area contributed by atoms with Crippen LogP contribution in [0.5, 0.6) is 0 Å². The summed E-state index contributed by atoms with van der Waals surface area (Å²) in [6.45, 7) is 7.93. The van der Waals surface area contributed by atoms with E-state index in [1.807, 2.05) is 11.8 Å². The van der Waals surface area contributed by atoms with Crippen LogP contribution in [0.3, 0.4) is 0 Å². The third-order valence-corrected chi connectivity index (χ3v) is 2.91. The minimum atomic E-state index is 0.362. The summed E-state index contributed by atoms with van der Waals surface area (Å²) in [5.41, 5.74) is 6.07. The second kappa shape index (κ2) is 9.81. The van der Waals surface area contributed by atoms with Crippen LogP contribution in [0.15, 0.2) is 0 Å². The standard InChI is InChI=1S/C11H26N2S/c1-4-7-13(8-5-2)10-11(12)6-9-14-3/h11H,4-10,12H2,1-3H3. The molecule has 0 rings (SSSR count). The van der Waals surface area contributed by atoms with E-state index in [0.717, 1.165) is 13.0 Å². The van der Waals surface area contributed by atoms with Crippen LogP contribution in [-0.4, -0.2) is 42.6 Å². The van der Waals surface area contributed by atoms with Gasteiger partial charge >= 0.3 is 0 Å². The van der Waals surface area contributed by atoms with Crippen molar-refractivity contribution in [1.82, 2.24) is 4.90 Å². The Hall–Kier alpha value is 0.270. The summed E-state index contributed by atoms with van der Waals surface area (Å²) in [5.74, 6) is 1.19. The highest BCUT2D eigenvalue weighted by molar-refractivity contribution is 7.98. The van der Waals surface area contributed by atoms with E-state index in [9.17, 15) is 0 Å². The molecule has 3 heteroatoms. The van der Waals surface area contributed by atoms with Crippen molar-refractivity contribution < 1.29 is 0 Å². The van der Waals surface area contributed by atoms with Crippen molar-refractivity contribution in [3.63, 3.8) is 0 Å². The number of nitrogens with zero attached hydrogens (tertiary/aromatic N) is 1. The molecule has 0 fully saturated rings. The van der Waals surface area contributed by atoms with Gasteiger partial charge in [0, 0.05) is 12.6 Å². The first-order chi connectivity index (χ1) is 6.74. The lowest BCUT2D eigenvalue weighted by Gasteiger charge is -2.24. The monoisotopic (exact) mass is 218 g/mol. The second-order valence-corrected chi connectivity index (χ2v) is 4.83. The molecule has 86 valence electrons. The van der Waals surface area contributed by atoms with Gasteiger partial charge in [-0.25, -0.2) is 0 Å². The Kier molecular flexibility index (Phi) is 10.0. The van der Waals surface area contributed by atoms with Crippen LogP contribution in [-0.2, 0) is 0 Å². The zero-order valence-electron chi connectivity index (χ0n) is 9.96. The zero-order chi connectivity index (χ0) is 10.8. The van der Waals surface area contributed by atoms with E-state index in [0.29, 0.717) is 6.04 Å². The first-order valence-electron chi connectivity index (χ1n) is 5.71. The summed E-state index contributed by atoms with van der Waals surface area (Å²) in [6, 6.07) is 0.362. The minimum absolute atomic E-state index is 0.362. The predicted octanol–water partition coefficient (Wildman–Crippen LogP) is 2.19. The van der Waals surface area contributed by atoms with Gasteiger partial charge in [-0.05, 0) is 44.4 Å². The molecular weight excluding hydrogens is 192 g/mol. The lowest BCUT2D eigenvalue weighted by molar-refractivity contribution is 0.256. The number of nitrogens with two attached hydrogens (primary N) is 1. The maximum absolute atomic E-state index is 6.07. The smallest absolute Gasteiger partial charge is 0.0175 e. The van der Waals surface area contributed by atoms with Crippen LogP contribution in [0.4, 0.5) is 0 Å². The Balaban J connectivity index is 3.64. The summed E-state index contributed by atoms with van der Waals surface area (Å²) in [7, 11) is 0. The first-order valence-corrected chi connectivity index (χ1v) is 7.10. The molecule has 0 aromatic heterocycles. The second-order valence-electron chi connectivity index (χ2n) is 3.84. The molecule has 0 amide bonds. The first kappa shape index (κ1) is 14.3. The van der Waals surface area contributed by atoms with Crippen molar-refractivity contribution >= 4 is 11.8 Å². The molecule has 0 bridgehead atoms. The van der Waals surface area contributed by atoms with E-state index in [4.69, 9.17) is 5.73 Å². The van der Waals surface area contributed by atoms with Crippen LogP contribution in [0, 0.1) is 0 Å². The largest absolute Gasteiger partial charge is 0.327 e. The molecule has 0 saturated carbocycles. The summed E-state index contributed by atoms with van der Waals surface area (Å²) >= 11 is 1.89. The van der Waals surface area contributed by atoms with Crippen LogP contribution in [0.25, 0.3) is 0 Å². The topological polar surface area (TPSA) is 29.3 Å². The highest BCUT2D eigenvalue weighted by atomic mass is 32.2. The van der Waals surface area contributed by atoms with Gasteiger partial charge in [-0.1, -0.05) is 13.8 Å². The number of hydrogen-bond donors (Lipinski definition) is 1. The summed E-state index contributed by atoms with van der Waals surface area (Å²) < 4.78 is 0. The Morgan fingerprint density at radius 1 is 1.21 bits per heavy atom. The van der Waals surface area contributed by atoms with E-state index in [1.54, 1.807) is 0 Å². The van der Waals surface area contributed by atoms with Crippen LogP contribution < -0.4 is 5.73 Å². The maximum Gasteiger partial charge on any atom is 0.0175 e. The van der Waals surface area contributed by atoms with Gasteiger partial charge in [0.25, 0.3) is 0 Å². The van der Waals surface area contributed by atoms with Crippen molar-refractivity contribution in [3.8, 4) is 0 Å². The summed E-state index contributed by atoms with van der Waals surface area (Å²) in [6.07, 6.45) is 5.75. The van der Waals surface area contributed by atoms with Gasteiger partial charge in [-0.15, -0.1) is 0 Å². The Labute approximate surface area is 93.6 Å². The molecular formula is C11H26N2S. The molecule has 14 heavy (non-hydrogen) atoms. The molecule has 0 aromatic rings. The average molecular weight is 218 g/mol. The Morgan fingerprint density at radius 3 is 2.21 bits per heavy atom. The zero-order valence-corrected chi connectivity index (χ0v) is 10.8. The third-order valence-electron chi connectivity index (χ3n) is 2.27. The lowest BCUT2D eigenvalue weighted by Crippen LogP contribution is -2.38. The molecule has 0 saturated heterocycles. The average Bonchev–Trinajstić information content (AvgIpc) is 2.15. The van der Waals surface area contributed by atoms with Gasteiger partial charge in [0.2, 0.25) is 0 Å². The van der Waals surface area contributed by atoms with Gasteiger partial charge < -0.3 is 10.6 Å². The minimum Gasteiger partial charge on any atom is -0.327 e. The fraction of sp³-hybridized carbons (Fsp3) is 1.00. The normalized spacial score (nSPS) is 13.5. The van der Waals surface area contributed by atoms with Crippen molar-refractivity contribution in [3.05, 3.63) is 0 Å². The molecule has 0 aromatic carbocycles. The van der Waals surface area contributed by atoms with Gasteiger partial charge in [0.15, 0.2) is 0 Å². The molecule has 0 radical (unpaired) electrons. The molecule has 0 aliphatic carbocycles. The predicted molar refractivity (Wildman–Crippen MR) is 68.0 cm³/mol. The number of thioether (sulfide) groups is 1. The lowest BCUT2D eigenvalue weighted by atomic mass is 10.2. The van der Waals surface area contributed by atoms with Gasteiger partial charge in [-0.3, -0.25) is 0 Å². The third kappa shape index (κ3) is 7.65. The van der Waals surface area contributed by atoms with Gasteiger partial charge in [-0.2, -0.15) is 11.8 Å². The molecule has 0 spiro atoms. The van der Waals surface area contributed by atoms with E-state index >= 15 is 0 Å². The van der Waals surface area contributed by atoms with Gasteiger partial charge in [0.1, 0.15) is 0 Å². The fourth-order valence-electron chi connectivity index (χ4n) is 1.62. The summed E-state index contributed by atoms with van der Waals surface area (Å²) in [4.78, 5) is 2.49. The van der Waals surface area contributed by atoms with E-state index in [2.05, 4.69) is 25.0 Å². The quantitative estimate of drug-likeness (QED) is 0.643. The Bertz CT molecular complexity index is 114. The number of hydrogen-bond acceptors (Lipinski definition) is 3. The van der Waals surface area contributed by atoms with E-state index in [-0.39, 0.29) is 0 Å². The van der Waals surface area contributed by atoms with Crippen molar-refractivity contribution in [2.24, 2.45) is 5.73 Å². The van der Waals surface area contributed by atoms with Crippen LogP contribution in [0.1, 0.15) is 33.1 Å². The highest BCUT2D eigenvalue weighted by Gasteiger charge is 2.08. The maximum atomic E-state index is 6.07. The SMILES string of the molecule is CCCN(CCC)CC(N)CCSC. The van der Waals surface area contributed by atoms with Gasteiger partial charge in [0.05, 0.1) is 0 Å². The molecule has 2 nitrogen and oxygen atoms in total. The van der Waals surface area contributed by atoms with Crippen molar-refractivity contribution in [1.29, 1.82) is 0 Å². The number of rotatable bonds is 9. The molecule has 1 unspecified atom stereocenters.